The van der Waals surface area contributed by atoms with Crippen LogP contribution in [0.2, 0.25) is 0 Å². The summed E-state index contributed by atoms with van der Waals surface area (Å²) in [6.45, 7) is 5.93. The van der Waals surface area contributed by atoms with Crippen LogP contribution in [0.25, 0.3) is 0 Å². The quantitative estimate of drug-likeness (QED) is 0.834. The summed E-state index contributed by atoms with van der Waals surface area (Å²) in [5.41, 5.74) is 2.64. The first-order valence-corrected chi connectivity index (χ1v) is 7.46. The van der Waals surface area contributed by atoms with Crippen molar-refractivity contribution >= 4 is 0 Å². The van der Waals surface area contributed by atoms with Crippen molar-refractivity contribution in [1.82, 2.24) is 5.32 Å². The Hall–Kier alpha value is -1.64. The molecule has 0 spiro atoms. The molecule has 0 saturated heterocycles. The third-order valence-corrected chi connectivity index (χ3v) is 3.69. The highest BCUT2D eigenvalue weighted by molar-refractivity contribution is 5.32. The van der Waals surface area contributed by atoms with E-state index in [0.717, 1.165) is 6.54 Å². The van der Waals surface area contributed by atoms with E-state index in [4.69, 9.17) is 4.74 Å². The summed E-state index contributed by atoms with van der Waals surface area (Å²) in [4.78, 5) is 0. The highest BCUT2D eigenvalue weighted by atomic mass is 16.5. The molecule has 0 atom stereocenters. The average Bonchev–Trinajstić information content (AvgIpc) is 2.49. The maximum atomic E-state index is 5.29. The van der Waals surface area contributed by atoms with Crippen molar-refractivity contribution < 1.29 is 4.74 Å². The van der Waals surface area contributed by atoms with Crippen molar-refractivity contribution in [2.24, 2.45) is 0 Å². The molecular weight excluding hydrogens is 258 g/mol. The molecule has 112 valence electrons. The highest BCUT2D eigenvalue weighted by Gasteiger charge is 2.20. The molecule has 0 aliphatic rings. The van der Waals surface area contributed by atoms with E-state index >= 15 is 0 Å². The maximum absolute atomic E-state index is 5.29. The Morgan fingerprint density at radius 2 is 1.38 bits per heavy atom. The second-order valence-corrected chi connectivity index (χ2v) is 6.07. The predicted octanol–water partition coefficient (Wildman–Crippen LogP) is 3.83. The fraction of sp³-hybridized carbons (Fsp3) is 0.368. The molecule has 0 heterocycles. The second kappa shape index (κ2) is 7.39. The predicted molar refractivity (Wildman–Crippen MR) is 88.7 cm³/mol. The Labute approximate surface area is 128 Å². The molecule has 1 N–H and O–H groups in total. The lowest BCUT2D eigenvalue weighted by molar-refractivity contribution is 0.128. The van der Waals surface area contributed by atoms with Crippen LogP contribution in [0.1, 0.15) is 30.9 Å². The Morgan fingerprint density at radius 3 is 1.81 bits per heavy atom. The molecule has 0 saturated carbocycles. The van der Waals surface area contributed by atoms with Gasteiger partial charge >= 0.3 is 0 Å². The van der Waals surface area contributed by atoms with Gasteiger partial charge in [-0.15, -0.1) is 0 Å². The minimum absolute atomic E-state index is 0.0312. The van der Waals surface area contributed by atoms with Gasteiger partial charge in [0.25, 0.3) is 0 Å². The molecule has 0 radical (unpaired) electrons. The average molecular weight is 283 g/mol. The van der Waals surface area contributed by atoms with Gasteiger partial charge in [-0.2, -0.15) is 0 Å². The molecule has 21 heavy (non-hydrogen) atoms. The third-order valence-electron chi connectivity index (χ3n) is 3.69. The first-order valence-electron chi connectivity index (χ1n) is 7.46. The summed E-state index contributed by atoms with van der Waals surface area (Å²) < 4.78 is 5.29. The van der Waals surface area contributed by atoms with Gasteiger partial charge in [-0.1, -0.05) is 60.7 Å². The van der Waals surface area contributed by atoms with E-state index in [9.17, 15) is 0 Å². The number of nitrogens with one attached hydrogen (secondary N) is 1. The van der Waals surface area contributed by atoms with Gasteiger partial charge in [0.1, 0.15) is 0 Å². The van der Waals surface area contributed by atoms with Crippen molar-refractivity contribution in [2.75, 3.05) is 20.3 Å². The Morgan fingerprint density at radius 1 is 0.905 bits per heavy atom. The summed E-state index contributed by atoms with van der Waals surface area (Å²) in [6.07, 6.45) is 0. The normalized spacial score (nSPS) is 11.8. The van der Waals surface area contributed by atoms with Gasteiger partial charge in [-0.3, -0.25) is 0 Å². The van der Waals surface area contributed by atoms with Crippen LogP contribution in [0.3, 0.4) is 0 Å². The van der Waals surface area contributed by atoms with Crippen LogP contribution in [0.4, 0.5) is 0 Å². The van der Waals surface area contributed by atoms with E-state index in [1.54, 1.807) is 7.11 Å². The van der Waals surface area contributed by atoms with Crippen LogP contribution < -0.4 is 5.32 Å². The van der Waals surface area contributed by atoms with Crippen molar-refractivity contribution in [3.05, 3.63) is 71.8 Å². The Kier molecular flexibility index (Phi) is 5.54. The lowest BCUT2D eigenvalue weighted by Crippen LogP contribution is -2.45. The zero-order valence-corrected chi connectivity index (χ0v) is 13.2. The molecule has 0 aliphatic carbocycles. The standard InChI is InChI=1S/C19H25NO/c1-19(2,15-21-3)20-14-18(16-10-6-4-7-11-16)17-12-8-5-9-13-17/h4-13,18,20H,14-15H2,1-3H3. The van der Waals surface area contributed by atoms with Crippen LogP contribution in [-0.4, -0.2) is 25.8 Å². The molecule has 0 unspecified atom stereocenters. The maximum Gasteiger partial charge on any atom is 0.0639 e. The summed E-state index contributed by atoms with van der Waals surface area (Å²) in [5, 5.41) is 3.63. The minimum Gasteiger partial charge on any atom is -0.383 e. The number of ether oxygens (including phenoxy) is 1. The highest BCUT2D eigenvalue weighted by Crippen LogP contribution is 2.24. The van der Waals surface area contributed by atoms with Crippen LogP contribution in [0, 0.1) is 0 Å². The SMILES string of the molecule is COCC(C)(C)NCC(c1ccccc1)c1ccccc1. The molecular formula is C19H25NO. The van der Waals surface area contributed by atoms with Gasteiger partial charge in [0.15, 0.2) is 0 Å². The van der Waals surface area contributed by atoms with E-state index in [1.807, 2.05) is 0 Å². The lowest BCUT2D eigenvalue weighted by Gasteiger charge is -2.29. The molecule has 0 aromatic heterocycles. The van der Waals surface area contributed by atoms with Gasteiger partial charge in [0, 0.05) is 25.1 Å². The smallest absolute Gasteiger partial charge is 0.0639 e. The molecule has 0 amide bonds. The third kappa shape index (κ3) is 4.69. The van der Waals surface area contributed by atoms with Gasteiger partial charge < -0.3 is 10.1 Å². The van der Waals surface area contributed by atoms with Crippen LogP contribution in [0.5, 0.6) is 0 Å². The van der Waals surface area contributed by atoms with Crippen molar-refractivity contribution in [2.45, 2.75) is 25.3 Å². The summed E-state index contributed by atoms with van der Waals surface area (Å²) in [5.74, 6) is 0.350. The number of hydrogen-bond acceptors (Lipinski definition) is 2. The Balaban J connectivity index is 2.18. The summed E-state index contributed by atoms with van der Waals surface area (Å²) >= 11 is 0. The number of methoxy groups -OCH3 is 1. The minimum atomic E-state index is -0.0312. The largest absolute Gasteiger partial charge is 0.383 e. The zero-order valence-electron chi connectivity index (χ0n) is 13.2. The van der Waals surface area contributed by atoms with Crippen LogP contribution in [-0.2, 0) is 4.74 Å². The summed E-state index contributed by atoms with van der Waals surface area (Å²) in [7, 11) is 1.75. The van der Waals surface area contributed by atoms with E-state index < -0.39 is 0 Å². The van der Waals surface area contributed by atoms with Crippen molar-refractivity contribution in [1.29, 1.82) is 0 Å². The van der Waals surface area contributed by atoms with Crippen LogP contribution >= 0.6 is 0 Å². The molecule has 0 fully saturated rings. The second-order valence-electron chi connectivity index (χ2n) is 6.07. The van der Waals surface area contributed by atoms with E-state index in [2.05, 4.69) is 79.8 Å². The van der Waals surface area contributed by atoms with Crippen molar-refractivity contribution in [3.63, 3.8) is 0 Å². The first kappa shape index (κ1) is 15.7. The molecule has 0 bridgehead atoms. The summed E-state index contributed by atoms with van der Waals surface area (Å²) in [6, 6.07) is 21.3. The topological polar surface area (TPSA) is 21.3 Å². The number of benzene rings is 2. The Bertz CT molecular complexity index is 482. The van der Waals surface area contributed by atoms with Gasteiger partial charge in [-0.25, -0.2) is 0 Å². The molecule has 2 rings (SSSR count). The van der Waals surface area contributed by atoms with Gasteiger partial charge in [-0.05, 0) is 25.0 Å². The van der Waals surface area contributed by atoms with Gasteiger partial charge in [0.2, 0.25) is 0 Å². The molecule has 2 heteroatoms. The molecule has 0 aliphatic heterocycles. The van der Waals surface area contributed by atoms with Crippen LogP contribution in [0.15, 0.2) is 60.7 Å². The first-order chi connectivity index (χ1) is 10.1. The number of hydrogen-bond donors (Lipinski definition) is 1. The van der Waals surface area contributed by atoms with E-state index in [0.29, 0.717) is 12.5 Å². The van der Waals surface area contributed by atoms with Crippen molar-refractivity contribution in [3.8, 4) is 0 Å². The molecule has 2 nitrogen and oxygen atoms in total. The fourth-order valence-electron chi connectivity index (χ4n) is 2.59. The molecule has 2 aromatic carbocycles. The number of rotatable bonds is 7. The zero-order chi connectivity index (χ0) is 15.1. The lowest BCUT2D eigenvalue weighted by atomic mass is 9.90. The fourth-order valence-corrected chi connectivity index (χ4v) is 2.59. The monoisotopic (exact) mass is 283 g/mol. The van der Waals surface area contributed by atoms with E-state index in [1.165, 1.54) is 11.1 Å². The van der Waals surface area contributed by atoms with Gasteiger partial charge in [0.05, 0.1) is 6.61 Å². The van der Waals surface area contributed by atoms with E-state index in [-0.39, 0.29) is 5.54 Å². The molecule has 2 aromatic rings.